The quantitative estimate of drug-likeness (QED) is 0.814. The van der Waals surface area contributed by atoms with Crippen LogP contribution in [0.25, 0.3) is 0 Å². The van der Waals surface area contributed by atoms with Gasteiger partial charge in [-0.15, -0.1) is 0 Å². The number of β-amino-alcohol motifs (C(OH)–C–C–N with tert-alkyl or cyclic N) is 1. The van der Waals surface area contributed by atoms with E-state index < -0.39 is 6.10 Å². The van der Waals surface area contributed by atoms with Crippen LogP contribution >= 0.6 is 0 Å². The Labute approximate surface area is 125 Å². The van der Waals surface area contributed by atoms with Crippen molar-refractivity contribution in [1.29, 1.82) is 0 Å². The monoisotopic (exact) mass is 285 g/mol. The Bertz CT molecular complexity index is 270. The molecule has 0 heterocycles. The largest absolute Gasteiger partial charge is 0.389 e. The van der Waals surface area contributed by atoms with Gasteiger partial charge in [0.15, 0.2) is 0 Å². The molecule has 1 saturated carbocycles. The minimum atomic E-state index is -0.408. The second kappa shape index (κ2) is 7.24. The molecule has 1 unspecified atom stereocenters. The molecule has 1 aliphatic carbocycles. The molecule has 1 atom stereocenters. The zero-order valence-corrected chi connectivity index (χ0v) is 14.3. The normalized spacial score (nSPS) is 26.6. The summed E-state index contributed by atoms with van der Waals surface area (Å²) in [5.74, 6) is 0.815. The Hall–Kier alpha value is -0.120. The third-order valence-electron chi connectivity index (χ3n) is 4.29. The van der Waals surface area contributed by atoms with Gasteiger partial charge in [0.2, 0.25) is 0 Å². The number of nitrogens with one attached hydrogen (secondary N) is 1. The fraction of sp³-hybridized carbons (Fsp3) is 1.00. The van der Waals surface area contributed by atoms with Crippen LogP contribution in [0.15, 0.2) is 0 Å². The van der Waals surface area contributed by atoms with Gasteiger partial charge in [0.05, 0.1) is 18.8 Å². The fourth-order valence-electron chi connectivity index (χ4n) is 2.83. The first kappa shape index (κ1) is 17.9. The maximum atomic E-state index is 9.94. The summed E-state index contributed by atoms with van der Waals surface area (Å²) in [5, 5.41) is 13.2. The first-order valence-corrected chi connectivity index (χ1v) is 8.12. The predicted molar refractivity (Wildman–Crippen MR) is 84.9 cm³/mol. The zero-order valence-electron chi connectivity index (χ0n) is 14.3. The first-order valence-electron chi connectivity index (χ1n) is 8.12. The molecule has 1 fully saturated rings. The van der Waals surface area contributed by atoms with Crippen LogP contribution in [0.4, 0.5) is 0 Å². The topological polar surface area (TPSA) is 41.5 Å². The van der Waals surface area contributed by atoms with Crippen molar-refractivity contribution in [2.45, 2.75) is 85.0 Å². The predicted octanol–water partition coefficient (Wildman–Crippen LogP) is 3.36. The van der Waals surface area contributed by atoms with E-state index in [-0.39, 0.29) is 5.54 Å². The lowest BCUT2D eigenvalue weighted by molar-refractivity contribution is -0.0371. The average Bonchev–Trinajstić information content (AvgIpc) is 2.32. The van der Waals surface area contributed by atoms with Gasteiger partial charge in [0, 0.05) is 12.1 Å². The van der Waals surface area contributed by atoms with E-state index in [0.29, 0.717) is 24.7 Å². The Balaban J connectivity index is 2.18. The minimum absolute atomic E-state index is 0.0474. The van der Waals surface area contributed by atoms with Gasteiger partial charge in [0.25, 0.3) is 0 Å². The minimum Gasteiger partial charge on any atom is -0.389 e. The molecule has 0 amide bonds. The molecule has 1 aliphatic rings. The van der Waals surface area contributed by atoms with E-state index in [1.807, 2.05) is 0 Å². The third kappa shape index (κ3) is 7.05. The van der Waals surface area contributed by atoms with Crippen molar-refractivity contribution < 1.29 is 9.84 Å². The lowest BCUT2D eigenvalue weighted by Gasteiger charge is -2.37. The Morgan fingerprint density at radius 2 is 1.60 bits per heavy atom. The molecule has 20 heavy (non-hydrogen) atoms. The van der Waals surface area contributed by atoms with E-state index in [1.54, 1.807) is 0 Å². The molecule has 0 aromatic carbocycles. The Morgan fingerprint density at radius 3 is 2.05 bits per heavy atom. The van der Waals surface area contributed by atoms with Gasteiger partial charge >= 0.3 is 0 Å². The summed E-state index contributed by atoms with van der Waals surface area (Å²) < 4.78 is 5.88. The maximum Gasteiger partial charge on any atom is 0.0898 e. The molecule has 120 valence electrons. The van der Waals surface area contributed by atoms with Crippen molar-refractivity contribution in [3.8, 4) is 0 Å². The fourth-order valence-corrected chi connectivity index (χ4v) is 2.83. The summed E-state index contributed by atoms with van der Waals surface area (Å²) in [5.41, 5.74) is 0.465. The molecular weight excluding hydrogens is 250 g/mol. The number of hydrogen-bond donors (Lipinski definition) is 2. The van der Waals surface area contributed by atoms with Crippen LogP contribution in [-0.4, -0.2) is 36.0 Å². The Morgan fingerprint density at radius 1 is 1.05 bits per heavy atom. The summed E-state index contributed by atoms with van der Waals surface area (Å²) in [6.45, 7) is 14.4. The van der Waals surface area contributed by atoms with Crippen LogP contribution in [0.3, 0.4) is 0 Å². The molecule has 3 nitrogen and oxygen atoms in total. The van der Waals surface area contributed by atoms with Gasteiger partial charge in [-0.2, -0.15) is 0 Å². The molecule has 0 bridgehead atoms. The van der Waals surface area contributed by atoms with Crippen molar-refractivity contribution >= 4 is 0 Å². The van der Waals surface area contributed by atoms with E-state index in [2.05, 4.69) is 46.9 Å². The van der Waals surface area contributed by atoms with Crippen molar-refractivity contribution in [2.75, 3.05) is 13.2 Å². The highest BCUT2D eigenvalue weighted by Crippen LogP contribution is 2.38. The summed E-state index contributed by atoms with van der Waals surface area (Å²) in [4.78, 5) is 0. The lowest BCUT2D eigenvalue weighted by atomic mass is 9.72. The number of rotatable bonds is 5. The standard InChI is InChI=1S/C17H35NO2/c1-16(2,3)13-7-9-15(10-8-13)20-12-14(19)11-18-17(4,5)6/h13-15,18-19H,7-12H2,1-6H3. The second-order valence-electron chi connectivity index (χ2n) is 8.46. The van der Waals surface area contributed by atoms with Crippen molar-refractivity contribution in [3.05, 3.63) is 0 Å². The second-order valence-corrected chi connectivity index (χ2v) is 8.46. The first-order chi connectivity index (χ1) is 9.08. The number of ether oxygens (including phenoxy) is 1. The van der Waals surface area contributed by atoms with E-state index >= 15 is 0 Å². The maximum absolute atomic E-state index is 9.94. The van der Waals surface area contributed by atoms with Crippen LogP contribution in [0.2, 0.25) is 0 Å². The highest BCUT2D eigenvalue weighted by molar-refractivity contribution is 4.81. The summed E-state index contributed by atoms with van der Waals surface area (Å²) >= 11 is 0. The zero-order chi connectivity index (χ0) is 15.4. The van der Waals surface area contributed by atoms with Gasteiger partial charge in [-0.05, 0) is 57.8 Å². The Kier molecular flexibility index (Phi) is 6.49. The molecule has 0 aliphatic heterocycles. The number of hydrogen-bond acceptors (Lipinski definition) is 3. The molecule has 0 aromatic heterocycles. The highest BCUT2D eigenvalue weighted by atomic mass is 16.5. The van der Waals surface area contributed by atoms with Crippen LogP contribution in [0.1, 0.15) is 67.2 Å². The summed E-state index contributed by atoms with van der Waals surface area (Å²) in [6, 6.07) is 0. The molecule has 3 heteroatoms. The van der Waals surface area contributed by atoms with Crippen LogP contribution in [0.5, 0.6) is 0 Å². The van der Waals surface area contributed by atoms with Crippen molar-refractivity contribution in [1.82, 2.24) is 5.32 Å². The lowest BCUT2D eigenvalue weighted by Crippen LogP contribution is -2.42. The van der Waals surface area contributed by atoms with Crippen molar-refractivity contribution in [3.63, 3.8) is 0 Å². The van der Waals surface area contributed by atoms with Gasteiger partial charge in [-0.3, -0.25) is 0 Å². The highest BCUT2D eigenvalue weighted by Gasteiger charge is 2.30. The van der Waals surface area contributed by atoms with Crippen LogP contribution in [0, 0.1) is 11.3 Å². The average molecular weight is 285 g/mol. The molecule has 1 rings (SSSR count). The smallest absolute Gasteiger partial charge is 0.0898 e. The molecule has 0 spiro atoms. The van der Waals surface area contributed by atoms with E-state index in [0.717, 1.165) is 18.8 Å². The van der Waals surface area contributed by atoms with Crippen LogP contribution < -0.4 is 5.32 Å². The van der Waals surface area contributed by atoms with Gasteiger partial charge < -0.3 is 15.2 Å². The molecular formula is C17H35NO2. The van der Waals surface area contributed by atoms with Gasteiger partial charge in [-0.1, -0.05) is 20.8 Å². The van der Waals surface area contributed by atoms with E-state index in [4.69, 9.17) is 4.74 Å². The molecule has 0 aromatic rings. The summed E-state index contributed by atoms with van der Waals surface area (Å²) in [6.07, 6.45) is 4.73. The number of aliphatic hydroxyl groups excluding tert-OH is 1. The van der Waals surface area contributed by atoms with E-state index in [9.17, 15) is 5.11 Å². The molecule has 0 saturated heterocycles. The third-order valence-corrected chi connectivity index (χ3v) is 4.29. The number of aliphatic hydroxyl groups is 1. The van der Waals surface area contributed by atoms with Gasteiger partial charge in [0.1, 0.15) is 0 Å². The van der Waals surface area contributed by atoms with Crippen LogP contribution in [-0.2, 0) is 4.74 Å². The van der Waals surface area contributed by atoms with Gasteiger partial charge in [-0.25, -0.2) is 0 Å². The molecule has 2 N–H and O–H groups in total. The summed E-state index contributed by atoms with van der Waals surface area (Å²) in [7, 11) is 0. The SMILES string of the molecule is CC(C)(C)NCC(O)COC1CCC(C(C)(C)C)CC1. The molecule has 0 radical (unpaired) electrons. The van der Waals surface area contributed by atoms with E-state index in [1.165, 1.54) is 12.8 Å². The van der Waals surface area contributed by atoms with Crippen molar-refractivity contribution in [2.24, 2.45) is 11.3 Å².